The van der Waals surface area contributed by atoms with Gasteiger partial charge in [-0.2, -0.15) is 13.2 Å². The van der Waals surface area contributed by atoms with E-state index in [1.807, 2.05) is 19.9 Å². The topological polar surface area (TPSA) is 138 Å². The van der Waals surface area contributed by atoms with Crippen LogP contribution < -0.4 is 16.0 Å². The molecule has 13 heteroatoms. The zero-order valence-electron chi connectivity index (χ0n) is 22.6. The van der Waals surface area contributed by atoms with Crippen molar-refractivity contribution in [2.75, 3.05) is 24.7 Å². The van der Waals surface area contributed by atoms with Crippen LogP contribution >= 0.6 is 0 Å². The van der Waals surface area contributed by atoms with E-state index >= 15 is 4.39 Å². The van der Waals surface area contributed by atoms with Crippen LogP contribution in [-0.4, -0.2) is 65.9 Å². The molecule has 41 heavy (non-hydrogen) atoms. The number of carboxylic acid groups (broad SMARTS) is 1. The second-order valence-electron chi connectivity index (χ2n) is 10.7. The lowest BCUT2D eigenvalue weighted by molar-refractivity contribution is -0.192. The van der Waals surface area contributed by atoms with Crippen LogP contribution in [0, 0.1) is 25.6 Å². The van der Waals surface area contributed by atoms with E-state index < -0.39 is 23.9 Å². The highest BCUT2D eigenvalue weighted by Crippen LogP contribution is 2.41. The van der Waals surface area contributed by atoms with Crippen molar-refractivity contribution in [1.82, 2.24) is 10.3 Å². The molecular formula is C28H32F4N4O5. The molecule has 1 aromatic heterocycles. The monoisotopic (exact) mass is 580 g/mol. The lowest BCUT2D eigenvalue weighted by atomic mass is 9.86. The molecule has 5 rings (SSSR count). The number of rotatable bonds is 5. The quantitative estimate of drug-likeness (QED) is 0.312. The third-order valence-corrected chi connectivity index (χ3v) is 7.41. The molecule has 2 fully saturated rings. The number of carbonyl (C=O) groups excluding carboxylic acids is 2. The lowest BCUT2D eigenvalue weighted by Gasteiger charge is -2.30. The zero-order valence-corrected chi connectivity index (χ0v) is 22.6. The van der Waals surface area contributed by atoms with Gasteiger partial charge in [-0.1, -0.05) is 0 Å². The van der Waals surface area contributed by atoms with Crippen molar-refractivity contribution in [2.24, 2.45) is 11.7 Å². The van der Waals surface area contributed by atoms with Gasteiger partial charge in [0.05, 0.1) is 36.1 Å². The predicted octanol–water partition coefficient (Wildman–Crippen LogP) is 3.94. The Morgan fingerprint density at radius 2 is 1.80 bits per heavy atom. The molecule has 1 aromatic carbocycles. The van der Waals surface area contributed by atoms with Gasteiger partial charge in [0, 0.05) is 29.5 Å². The van der Waals surface area contributed by atoms with Crippen molar-refractivity contribution in [2.45, 2.75) is 57.8 Å². The summed E-state index contributed by atoms with van der Waals surface area (Å²) in [5.74, 6) is -3.73. The fourth-order valence-electron chi connectivity index (χ4n) is 5.12. The Hall–Kier alpha value is -3.71. The van der Waals surface area contributed by atoms with Crippen LogP contribution in [0.25, 0.3) is 11.6 Å². The first-order valence-corrected chi connectivity index (χ1v) is 13.2. The highest BCUT2D eigenvalue weighted by atomic mass is 19.4. The van der Waals surface area contributed by atoms with Crippen molar-refractivity contribution in [3.05, 3.63) is 52.1 Å². The number of aromatic amines is 1. The lowest BCUT2D eigenvalue weighted by Crippen LogP contribution is -2.48. The van der Waals surface area contributed by atoms with Crippen molar-refractivity contribution in [1.29, 1.82) is 0 Å². The smallest absolute Gasteiger partial charge is 0.475 e. The van der Waals surface area contributed by atoms with Crippen molar-refractivity contribution in [3.8, 4) is 0 Å². The number of aliphatic carboxylic acids is 1. The van der Waals surface area contributed by atoms with E-state index in [9.17, 15) is 22.8 Å². The van der Waals surface area contributed by atoms with Gasteiger partial charge in [-0.15, -0.1) is 0 Å². The third-order valence-electron chi connectivity index (χ3n) is 7.41. The molecule has 1 aliphatic carbocycles. The number of benzene rings is 1. The molecule has 2 aromatic rings. The number of ether oxygens (including phenoxy) is 1. The van der Waals surface area contributed by atoms with Crippen molar-refractivity contribution in [3.63, 3.8) is 0 Å². The molecule has 9 nitrogen and oxygen atoms in total. The summed E-state index contributed by atoms with van der Waals surface area (Å²) in [6.45, 7) is 5.31. The summed E-state index contributed by atoms with van der Waals surface area (Å²) >= 11 is 0. The molecule has 1 saturated heterocycles. The molecule has 0 atom stereocenters. The molecule has 2 aliphatic heterocycles. The second-order valence-corrected chi connectivity index (χ2v) is 10.7. The number of aromatic nitrogens is 1. The molecular weight excluding hydrogens is 548 g/mol. The van der Waals surface area contributed by atoms with Gasteiger partial charge in [-0.05, 0) is 75.3 Å². The van der Waals surface area contributed by atoms with Gasteiger partial charge >= 0.3 is 12.1 Å². The average Bonchev–Trinajstić information content (AvgIpc) is 3.31. The minimum absolute atomic E-state index is 0.0535. The summed E-state index contributed by atoms with van der Waals surface area (Å²) in [5.41, 5.74) is 10.4. The number of halogens is 4. The number of hydrogen-bond acceptors (Lipinski definition) is 5. The minimum atomic E-state index is -5.08. The Bertz CT molecular complexity index is 1360. The van der Waals surface area contributed by atoms with Crippen LogP contribution in [0.3, 0.4) is 0 Å². The first kappa shape index (κ1) is 30.3. The fourth-order valence-corrected chi connectivity index (χ4v) is 5.12. The number of anilines is 1. The number of H-pyrrole nitrogens is 1. The van der Waals surface area contributed by atoms with Crippen LogP contribution in [-0.2, 0) is 14.3 Å². The Labute approximate surface area is 233 Å². The number of fused-ring (bicyclic) bond motifs is 1. The standard InChI is InChI=1S/C26H31FN4O3.C2HF3O2/c1-14-7-15(2)29-23(14)9-20-19-8-22(27)21(25(32)30-18-12-34-13-18)10-24(19)31(26(20)33)11-16-3-5-17(28)6-4-16;3-2(4,5)1(6)7/h7-10,16-18,29H,3-6,11-13,28H2,1-2H3,(H,30,32);(H,6,7)/b20-9-;. The maximum atomic E-state index is 15.1. The zero-order chi connectivity index (χ0) is 30.1. The SMILES string of the molecule is Cc1cc(C)c(/C=C2\C(=O)N(CC3CCC(N)CC3)c3cc(C(=O)NC4COC4)c(F)cc32)[nH]1.O=C(O)C(F)(F)F. The maximum absolute atomic E-state index is 15.1. The number of carbonyl (C=O) groups is 3. The Morgan fingerprint density at radius 1 is 1.17 bits per heavy atom. The summed E-state index contributed by atoms with van der Waals surface area (Å²) in [4.78, 5) is 40.3. The second kappa shape index (κ2) is 12.0. The first-order valence-electron chi connectivity index (χ1n) is 13.2. The Balaban J connectivity index is 0.000000493. The number of carboxylic acids is 1. The normalized spacial score (nSPS) is 21.7. The Kier molecular flexibility index (Phi) is 8.88. The van der Waals surface area contributed by atoms with Gasteiger partial charge in [0.2, 0.25) is 0 Å². The average molecular weight is 581 g/mol. The van der Waals surface area contributed by atoms with Crippen LogP contribution in [0.15, 0.2) is 18.2 Å². The fraction of sp³-hybridized carbons (Fsp3) is 0.464. The molecule has 0 radical (unpaired) electrons. The van der Waals surface area contributed by atoms with Crippen molar-refractivity contribution < 1.29 is 41.8 Å². The molecule has 0 bridgehead atoms. The first-order chi connectivity index (χ1) is 19.2. The number of nitrogens with two attached hydrogens (primary N) is 1. The molecule has 222 valence electrons. The summed E-state index contributed by atoms with van der Waals surface area (Å²) in [6, 6.07) is 4.96. The van der Waals surface area contributed by atoms with E-state index in [-0.39, 0.29) is 23.6 Å². The van der Waals surface area contributed by atoms with Crippen LogP contribution in [0.2, 0.25) is 0 Å². The van der Waals surface area contributed by atoms with E-state index in [0.717, 1.165) is 42.6 Å². The Morgan fingerprint density at radius 3 is 2.32 bits per heavy atom. The summed E-state index contributed by atoms with van der Waals surface area (Å²) in [7, 11) is 0. The van der Waals surface area contributed by atoms with Gasteiger partial charge in [-0.25, -0.2) is 9.18 Å². The van der Waals surface area contributed by atoms with E-state index in [1.54, 1.807) is 11.0 Å². The van der Waals surface area contributed by atoms with Gasteiger partial charge < -0.3 is 30.8 Å². The van der Waals surface area contributed by atoms with E-state index in [4.69, 9.17) is 20.4 Å². The summed E-state index contributed by atoms with van der Waals surface area (Å²) in [6.07, 6.45) is 0.480. The summed E-state index contributed by atoms with van der Waals surface area (Å²) in [5, 5.41) is 9.92. The number of alkyl halides is 3. The number of amides is 2. The minimum Gasteiger partial charge on any atom is -0.475 e. The molecule has 0 spiro atoms. The molecule has 2 amide bonds. The predicted molar refractivity (Wildman–Crippen MR) is 143 cm³/mol. The number of hydrogen-bond donors (Lipinski definition) is 4. The molecule has 0 unspecified atom stereocenters. The highest BCUT2D eigenvalue weighted by molar-refractivity contribution is 6.36. The van der Waals surface area contributed by atoms with E-state index in [1.165, 1.54) is 12.1 Å². The van der Waals surface area contributed by atoms with Gasteiger partial charge in [0.1, 0.15) is 5.82 Å². The van der Waals surface area contributed by atoms with E-state index in [2.05, 4.69) is 10.3 Å². The number of nitrogens with one attached hydrogen (secondary N) is 2. The van der Waals surface area contributed by atoms with Crippen molar-refractivity contribution >= 4 is 35.1 Å². The molecule has 5 N–H and O–H groups in total. The molecule has 1 saturated carbocycles. The largest absolute Gasteiger partial charge is 0.490 e. The molecule has 3 heterocycles. The van der Waals surface area contributed by atoms with Gasteiger partial charge in [0.25, 0.3) is 11.8 Å². The number of aryl methyl sites for hydroxylation is 2. The van der Waals surface area contributed by atoms with E-state index in [0.29, 0.717) is 42.5 Å². The third kappa shape index (κ3) is 6.96. The highest BCUT2D eigenvalue weighted by Gasteiger charge is 2.38. The van der Waals surface area contributed by atoms with Gasteiger partial charge in [0.15, 0.2) is 0 Å². The molecule has 3 aliphatic rings. The van der Waals surface area contributed by atoms with Crippen LogP contribution in [0.4, 0.5) is 23.2 Å². The van der Waals surface area contributed by atoms with Crippen LogP contribution in [0.5, 0.6) is 0 Å². The number of nitrogens with zero attached hydrogens (tertiary/aromatic N) is 1. The van der Waals surface area contributed by atoms with Crippen LogP contribution in [0.1, 0.15) is 58.6 Å². The summed E-state index contributed by atoms with van der Waals surface area (Å²) < 4.78 is 52.0. The maximum Gasteiger partial charge on any atom is 0.490 e. The van der Waals surface area contributed by atoms with Gasteiger partial charge in [-0.3, -0.25) is 9.59 Å².